The van der Waals surface area contributed by atoms with E-state index in [0.29, 0.717) is 10.8 Å². The second kappa shape index (κ2) is 8.76. The third-order valence-corrected chi connectivity index (χ3v) is 3.68. The summed E-state index contributed by atoms with van der Waals surface area (Å²) in [6, 6.07) is 5.17. The average molecular weight is 342 g/mol. The Morgan fingerprint density at radius 1 is 1.38 bits per heavy atom. The second-order valence-electron chi connectivity index (χ2n) is 4.50. The number of benzene rings is 1. The molecule has 0 aliphatic rings. The highest BCUT2D eigenvalue weighted by atomic mass is 35.5. The van der Waals surface area contributed by atoms with Gasteiger partial charge in [0.15, 0.2) is 0 Å². The molecule has 1 aromatic carbocycles. The summed E-state index contributed by atoms with van der Waals surface area (Å²) in [5.41, 5.74) is -3.37. The molecule has 0 fully saturated rings. The largest absolute Gasteiger partial charge is 0.492 e. The smallest absolute Gasteiger partial charge is 0.441 e. The molecule has 0 heterocycles. The molecule has 0 spiro atoms. The van der Waals surface area contributed by atoms with Crippen LogP contribution in [0.2, 0.25) is 5.02 Å². The van der Waals surface area contributed by atoms with Crippen molar-refractivity contribution in [2.75, 3.05) is 18.9 Å². The summed E-state index contributed by atoms with van der Waals surface area (Å²) in [6.07, 6.45) is 0.989. The van der Waals surface area contributed by atoms with E-state index in [-0.39, 0.29) is 30.2 Å². The third-order valence-electron chi connectivity index (χ3n) is 2.75. The van der Waals surface area contributed by atoms with Crippen molar-refractivity contribution in [3.05, 3.63) is 28.8 Å². The topological polar surface area (TPSA) is 21.3 Å². The van der Waals surface area contributed by atoms with Crippen LogP contribution in [-0.2, 0) is 0 Å². The lowest BCUT2D eigenvalue weighted by atomic mass is 10.1. The normalized spacial score (nSPS) is 13.2. The van der Waals surface area contributed by atoms with Crippen LogP contribution in [0.3, 0.4) is 0 Å². The molecule has 1 atom stereocenters. The van der Waals surface area contributed by atoms with E-state index in [1.165, 1.54) is 0 Å². The Balaban J connectivity index is 2.64. The molecule has 2 nitrogen and oxygen atoms in total. The minimum atomic E-state index is -4.22. The second-order valence-corrected chi connectivity index (χ2v) is 6.10. The quantitative estimate of drug-likeness (QED) is 0.670. The van der Waals surface area contributed by atoms with Gasteiger partial charge in [-0.05, 0) is 49.9 Å². The Kier molecular flexibility index (Phi) is 7.70. The van der Waals surface area contributed by atoms with Gasteiger partial charge in [0.25, 0.3) is 0 Å². The van der Waals surface area contributed by atoms with Gasteiger partial charge < -0.3 is 10.1 Å². The van der Waals surface area contributed by atoms with Crippen LogP contribution in [0.15, 0.2) is 18.2 Å². The molecule has 0 aromatic heterocycles. The Morgan fingerprint density at radius 2 is 2.10 bits per heavy atom. The van der Waals surface area contributed by atoms with Gasteiger partial charge >= 0.3 is 5.51 Å². The molecule has 0 radical (unpaired) electrons. The van der Waals surface area contributed by atoms with Crippen molar-refractivity contribution in [2.45, 2.75) is 31.8 Å². The lowest BCUT2D eigenvalue weighted by Crippen LogP contribution is -2.20. The molecule has 21 heavy (non-hydrogen) atoms. The first-order valence-electron chi connectivity index (χ1n) is 6.69. The van der Waals surface area contributed by atoms with E-state index in [2.05, 4.69) is 12.2 Å². The number of rotatable bonds is 8. The minimum Gasteiger partial charge on any atom is -0.492 e. The lowest BCUT2D eigenvalue weighted by Gasteiger charge is -2.18. The van der Waals surface area contributed by atoms with Gasteiger partial charge in [0.05, 0.1) is 6.61 Å². The van der Waals surface area contributed by atoms with Crippen molar-refractivity contribution in [3.8, 4) is 5.75 Å². The van der Waals surface area contributed by atoms with Crippen LogP contribution >= 0.6 is 23.4 Å². The molecule has 1 aromatic rings. The number of thioether (sulfide) groups is 1. The van der Waals surface area contributed by atoms with Gasteiger partial charge in [0.2, 0.25) is 0 Å². The van der Waals surface area contributed by atoms with Crippen LogP contribution in [0, 0.1) is 0 Å². The van der Waals surface area contributed by atoms with Crippen molar-refractivity contribution in [1.82, 2.24) is 5.32 Å². The molecule has 1 N–H and O–H groups in total. The number of alkyl halides is 3. The molecule has 1 unspecified atom stereocenters. The molecule has 1 rings (SSSR count). The van der Waals surface area contributed by atoms with E-state index in [0.717, 1.165) is 18.5 Å². The van der Waals surface area contributed by atoms with Crippen LogP contribution in [0.4, 0.5) is 13.2 Å². The lowest BCUT2D eigenvalue weighted by molar-refractivity contribution is -0.0329. The maximum atomic E-state index is 12.1. The van der Waals surface area contributed by atoms with Gasteiger partial charge in [0.1, 0.15) is 5.75 Å². The predicted molar refractivity (Wildman–Crippen MR) is 82.2 cm³/mol. The van der Waals surface area contributed by atoms with Gasteiger partial charge in [-0.2, -0.15) is 13.2 Å². The Morgan fingerprint density at radius 3 is 2.71 bits per heavy atom. The van der Waals surface area contributed by atoms with E-state index in [1.807, 2.05) is 6.92 Å². The highest BCUT2D eigenvalue weighted by Crippen LogP contribution is 2.31. The van der Waals surface area contributed by atoms with E-state index >= 15 is 0 Å². The van der Waals surface area contributed by atoms with Gasteiger partial charge in [-0.1, -0.05) is 18.5 Å². The molecule has 0 saturated carbocycles. The number of hydrogen-bond acceptors (Lipinski definition) is 3. The van der Waals surface area contributed by atoms with Crippen LogP contribution in [0.5, 0.6) is 5.75 Å². The molecule has 7 heteroatoms. The molecule has 0 aliphatic heterocycles. The fraction of sp³-hybridized carbons (Fsp3) is 0.571. The van der Waals surface area contributed by atoms with Crippen molar-refractivity contribution in [3.63, 3.8) is 0 Å². The van der Waals surface area contributed by atoms with Crippen LogP contribution < -0.4 is 10.1 Å². The first-order valence-corrected chi connectivity index (χ1v) is 8.06. The van der Waals surface area contributed by atoms with Crippen molar-refractivity contribution >= 4 is 23.4 Å². The fourth-order valence-electron chi connectivity index (χ4n) is 1.77. The number of halogens is 4. The first kappa shape index (κ1) is 18.5. The number of ether oxygens (including phenoxy) is 1. The van der Waals surface area contributed by atoms with Crippen LogP contribution in [0.1, 0.15) is 31.9 Å². The van der Waals surface area contributed by atoms with E-state index in [1.54, 1.807) is 18.2 Å². The maximum Gasteiger partial charge on any atom is 0.441 e. The summed E-state index contributed by atoms with van der Waals surface area (Å²) in [4.78, 5) is 0. The average Bonchev–Trinajstić information content (AvgIpc) is 2.41. The van der Waals surface area contributed by atoms with E-state index in [9.17, 15) is 13.2 Å². The molecule has 0 saturated heterocycles. The zero-order chi connectivity index (χ0) is 15.9. The van der Waals surface area contributed by atoms with Crippen molar-refractivity contribution in [2.24, 2.45) is 0 Å². The van der Waals surface area contributed by atoms with Gasteiger partial charge in [0, 0.05) is 22.4 Å². The number of hydrogen-bond donors (Lipinski definition) is 1. The highest BCUT2D eigenvalue weighted by molar-refractivity contribution is 8.00. The minimum absolute atomic E-state index is 0.000688. The monoisotopic (exact) mass is 341 g/mol. The molecule has 0 bridgehead atoms. The van der Waals surface area contributed by atoms with Gasteiger partial charge in [-0.25, -0.2) is 0 Å². The zero-order valence-electron chi connectivity index (χ0n) is 12.0. The standard InChI is InChI=1S/C14H19ClF3NOS/c1-3-6-19-10(2)12-9-11(15)4-5-13(12)20-7-8-21-14(16,17)18/h4-5,9-10,19H,3,6-8H2,1-2H3. The number of nitrogens with one attached hydrogen (secondary N) is 1. The van der Waals surface area contributed by atoms with E-state index < -0.39 is 5.51 Å². The molecule has 0 amide bonds. The third kappa shape index (κ3) is 7.29. The summed E-state index contributed by atoms with van der Waals surface area (Å²) in [5.74, 6) is 0.431. The van der Waals surface area contributed by atoms with E-state index in [4.69, 9.17) is 16.3 Å². The molecule has 120 valence electrons. The summed E-state index contributed by atoms with van der Waals surface area (Å²) in [6.45, 7) is 4.87. The summed E-state index contributed by atoms with van der Waals surface area (Å²) < 4.78 is 41.7. The Labute approximate surface area is 132 Å². The van der Waals surface area contributed by atoms with Crippen molar-refractivity contribution in [1.29, 1.82) is 0 Å². The molecule has 0 aliphatic carbocycles. The van der Waals surface area contributed by atoms with Gasteiger partial charge in [-0.15, -0.1) is 0 Å². The van der Waals surface area contributed by atoms with Crippen LogP contribution in [-0.4, -0.2) is 24.4 Å². The van der Waals surface area contributed by atoms with Crippen LogP contribution in [0.25, 0.3) is 0 Å². The predicted octanol–water partition coefficient (Wildman–Crippen LogP) is 5.03. The van der Waals surface area contributed by atoms with Crippen molar-refractivity contribution < 1.29 is 17.9 Å². The summed E-state index contributed by atoms with van der Waals surface area (Å²) in [5, 5.41) is 3.88. The molecular formula is C14H19ClF3NOS. The first-order chi connectivity index (χ1) is 9.83. The zero-order valence-corrected chi connectivity index (χ0v) is 13.5. The van der Waals surface area contributed by atoms with Gasteiger partial charge in [-0.3, -0.25) is 0 Å². The highest BCUT2D eigenvalue weighted by Gasteiger charge is 2.27. The summed E-state index contributed by atoms with van der Waals surface area (Å²) in [7, 11) is 0. The molecular weight excluding hydrogens is 323 g/mol. The Hall–Kier alpha value is -0.590. The Bertz CT molecular complexity index is 443. The fourth-order valence-corrected chi connectivity index (χ4v) is 2.35. The maximum absolute atomic E-state index is 12.1. The summed E-state index contributed by atoms with van der Waals surface area (Å²) >= 11 is 5.90. The SMILES string of the molecule is CCCNC(C)c1cc(Cl)ccc1OCCSC(F)(F)F.